The molecule has 1 aromatic carbocycles. The van der Waals surface area contributed by atoms with E-state index in [0.29, 0.717) is 12.1 Å². The Morgan fingerprint density at radius 2 is 2.11 bits per heavy atom. The number of ether oxygens (including phenoxy) is 1. The van der Waals surface area contributed by atoms with Crippen molar-refractivity contribution in [3.8, 4) is 0 Å². The Labute approximate surface area is 111 Å². The molecule has 0 saturated heterocycles. The number of methoxy groups -OCH3 is 1. The first-order chi connectivity index (χ1) is 9.24. The Bertz CT molecular complexity index is 616. The number of aromatic amines is 2. The molecule has 2 atom stereocenters. The van der Waals surface area contributed by atoms with E-state index in [0.717, 1.165) is 29.6 Å². The van der Waals surface area contributed by atoms with Crippen molar-refractivity contribution in [2.24, 2.45) is 0 Å². The smallest absolute Gasteiger partial charge is 0.323 e. The van der Waals surface area contributed by atoms with Crippen LogP contribution in [0.1, 0.15) is 25.7 Å². The summed E-state index contributed by atoms with van der Waals surface area (Å²) in [7, 11) is 1.78. The molecular weight excluding hydrogens is 242 g/mol. The average Bonchev–Trinajstić information content (AvgIpc) is 2.78. The number of hydrogen-bond acceptors (Lipinski definition) is 3. The zero-order valence-corrected chi connectivity index (χ0v) is 11.0. The van der Waals surface area contributed by atoms with Crippen molar-refractivity contribution in [1.29, 1.82) is 0 Å². The summed E-state index contributed by atoms with van der Waals surface area (Å²) in [5, 5.41) is 3.53. The highest BCUT2D eigenvalue weighted by Gasteiger charge is 2.21. The average molecular weight is 261 g/mol. The van der Waals surface area contributed by atoms with Crippen LogP contribution in [0.4, 0.5) is 5.69 Å². The Kier molecular flexibility index (Phi) is 3.29. The highest BCUT2D eigenvalue weighted by Crippen LogP contribution is 2.24. The number of nitrogens with one attached hydrogen (secondary N) is 3. The van der Waals surface area contributed by atoms with Crippen LogP contribution in [0.15, 0.2) is 23.0 Å². The molecule has 0 amide bonds. The van der Waals surface area contributed by atoms with E-state index in [1.807, 2.05) is 18.2 Å². The van der Waals surface area contributed by atoms with Gasteiger partial charge in [-0.25, -0.2) is 4.79 Å². The summed E-state index contributed by atoms with van der Waals surface area (Å²) in [5.41, 5.74) is 2.57. The van der Waals surface area contributed by atoms with Crippen LogP contribution < -0.4 is 11.0 Å². The van der Waals surface area contributed by atoms with Crippen molar-refractivity contribution in [2.45, 2.75) is 37.8 Å². The monoisotopic (exact) mass is 261 g/mol. The number of benzene rings is 1. The van der Waals surface area contributed by atoms with E-state index in [1.165, 1.54) is 12.8 Å². The van der Waals surface area contributed by atoms with Gasteiger partial charge in [-0.05, 0) is 43.9 Å². The summed E-state index contributed by atoms with van der Waals surface area (Å²) in [4.78, 5) is 16.8. The molecule has 0 spiro atoms. The van der Waals surface area contributed by atoms with Gasteiger partial charge in [-0.3, -0.25) is 0 Å². The Balaban J connectivity index is 1.75. The third kappa shape index (κ3) is 2.66. The standard InChI is InChI=1S/C14H19N3O2/c1-19-11-4-2-3-9(7-11)15-10-5-6-12-13(8-10)17-14(18)16-12/h5-6,8-9,11,15H,2-4,7H2,1H3,(H2,16,17,18). The molecule has 1 aromatic heterocycles. The summed E-state index contributed by atoms with van der Waals surface area (Å²) in [6.45, 7) is 0. The van der Waals surface area contributed by atoms with Crippen LogP contribution in [0.5, 0.6) is 0 Å². The van der Waals surface area contributed by atoms with E-state index in [2.05, 4.69) is 15.3 Å². The number of H-pyrrole nitrogens is 2. The van der Waals surface area contributed by atoms with Gasteiger partial charge in [0.15, 0.2) is 0 Å². The zero-order valence-electron chi connectivity index (χ0n) is 11.0. The second-order valence-electron chi connectivity index (χ2n) is 5.21. The maximum atomic E-state index is 11.2. The maximum absolute atomic E-state index is 11.2. The fourth-order valence-electron chi connectivity index (χ4n) is 2.85. The summed E-state index contributed by atoms with van der Waals surface area (Å²) >= 11 is 0. The van der Waals surface area contributed by atoms with Gasteiger partial charge in [0.25, 0.3) is 0 Å². The predicted octanol–water partition coefficient (Wildman–Crippen LogP) is 2.23. The molecule has 3 rings (SSSR count). The van der Waals surface area contributed by atoms with Crippen LogP contribution in [0, 0.1) is 0 Å². The van der Waals surface area contributed by atoms with Crippen LogP contribution in [-0.4, -0.2) is 29.2 Å². The molecule has 1 aliphatic carbocycles. The van der Waals surface area contributed by atoms with Crippen molar-refractivity contribution in [3.05, 3.63) is 28.7 Å². The van der Waals surface area contributed by atoms with Crippen LogP contribution in [0.3, 0.4) is 0 Å². The number of imidazole rings is 1. The van der Waals surface area contributed by atoms with Crippen molar-refractivity contribution < 1.29 is 4.74 Å². The van der Waals surface area contributed by atoms with Crippen LogP contribution in [0.2, 0.25) is 0 Å². The summed E-state index contributed by atoms with van der Waals surface area (Å²) in [5.74, 6) is 0. The Hall–Kier alpha value is -1.75. The lowest BCUT2D eigenvalue weighted by atomic mass is 9.92. The molecule has 3 N–H and O–H groups in total. The second kappa shape index (κ2) is 5.09. The molecule has 19 heavy (non-hydrogen) atoms. The quantitative estimate of drug-likeness (QED) is 0.793. The molecule has 1 saturated carbocycles. The number of rotatable bonds is 3. The van der Waals surface area contributed by atoms with Gasteiger partial charge in [0, 0.05) is 18.8 Å². The van der Waals surface area contributed by atoms with Crippen LogP contribution >= 0.6 is 0 Å². The number of aromatic nitrogens is 2. The van der Waals surface area contributed by atoms with E-state index < -0.39 is 0 Å². The topological polar surface area (TPSA) is 69.9 Å². The lowest BCUT2D eigenvalue weighted by molar-refractivity contribution is 0.0669. The third-order valence-electron chi connectivity index (χ3n) is 3.85. The SMILES string of the molecule is COC1CCCC(Nc2ccc3[nH]c(=O)[nH]c3c2)C1. The lowest BCUT2D eigenvalue weighted by Gasteiger charge is -2.29. The molecule has 5 heteroatoms. The molecule has 0 radical (unpaired) electrons. The van der Waals surface area contributed by atoms with Crippen molar-refractivity contribution in [1.82, 2.24) is 9.97 Å². The van der Waals surface area contributed by atoms with Gasteiger partial charge >= 0.3 is 5.69 Å². The summed E-state index contributed by atoms with van der Waals surface area (Å²) in [6, 6.07) is 6.35. The molecule has 2 unspecified atom stereocenters. The fourth-order valence-corrected chi connectivity index (χ4v) is 2.85. The third-order valence-corrected chi connectivity index (χ3v) is 3.85. The van der Waals surface area contributed by atoms with Gasteiger partial charge in [-0.15, -0.1) is 0 Å². The first-order valence-electron chi connectivity index (χ1n) is 6.76. The fraction of sp³-hybridized carbons (Fsp3) is 0.500. The minimum Gasteiger partial charge on any atom is -0.382 e. The summed E-state index contributed by atoms with van der Waals surface area (Å²) < 4.78 is 5.44. The first-order valence-corrected chi connectivity index (χ1v) is 6.76. The van der Waals surface area contributed by atoms with Gasteiger partial charge in [0.05, 0.1) is 17.1 Å². The van der Waals surface area contributed by atoms with E-state index >= 15 is 0 Å². The highest BCUT2D eigenvalue weighted by atomic mass is 16.5. The minimum absolute atomic E-state index is 0.163. The molecular formula is C14H19N3O2. The van der Waals surface area contributed by atoms with E-state index in [9.17, 15) is 4.79 Å². The van der Waals surface area contributed by atoms with Crippen molar-refractivity contribution >= 4 is 16.7 Å². The zero-order chi connectivity index (χ0) is 13.2. The van der Waals surface area contributed by atoms with Crippen LogP contribution in [-0.2, 0) is 4.74 Å². The number of anilines is 1. The van der Waals surface area contributed by atoms with E-state index in [1.54, 1.807) is 7.11 Å². The number of fused-ring (bicyclic) bond motifs is 1. The largest absolute Gasteiger partial charge is 0.382 e. The lowest BCUT2D eigenvalue weighted by Crippen LogP contribution is -2.30. The maximum Gasteiger partial charge on any atom is 0.323 e. The van der Waals surface area contributed by atoms with Crippen molar-refractivity contribution in [3.63, 3.8) is 0 Å². The van der Waals surface area contributed by atoms with E-state index in [4.69, 9.17) is 4.74 Å². The molecule has 102 valence electrons. The van der Waals surface area contributed by atoms with Gasteiger partial charge in [0.1, 0.15) is 0 Å². The van der Waals surface area contributed by atoms with E-state index in [-0.39, 0.29) is 5.69 Å². The Morgan fingerprint density at radius 3 is 2.95 bits per heavy atom. The molecule has 5 nitrogen and oxygen atoms in total. The highest BCUT2D eigenvalue weighted by molar-refractivity contribution is 5.78. The molecule has 1 fully saturated rings. The number of hydrogen-bond donors (Lipinski definition) is 3. The molecule has 0 aliphatic heterocycles. The Morgan fingerprint density at radius 1 is 1.26 bits per heavy atom. The molecule has 0 bridgehead atoms. The molecule has 1 heterocycles. The normalized spacial score (nSPS) is 23.6. The first kappa shape index (κ1) is 12.3. The predicted molar refractivity (Wildman–Crippen MR) is 75.6 cm³/mol. The van der Waals surface area contributed by atoms with Gasteiger partial charge in [0.2, 0.25) is 0 Å². The van der Waals surface area contributed by atoms with Crippen molar-refractivity contribution in [2.75, 3.05) is 12.4 Å². The summed E-state index contributed by atoms with van der Waals surface area (Å²) in [6.07, 6.45) is 4.92. The molecule has 2 aromatic rings. The minimum atomic E-state index is -0.163. The van der Waals surface area contributed by atoms with Gasteiger partial charge in [-0.2, -0.15) is 0 Å². The molecule has 1 aliphatic rings. The van der Waals surface area contributed by atoms with Gasteiger partial charge in [-0.1, -0.05) is 0 Å². The van der Waals surface area contributed by atoms with Crippen LogP contribution in [0.25, 0.3) is 11.0 Å². The van der Waals surface area contributed by atoms with Gasteiger partial charge < -0.3 is 20.0 Å². The second-order valence-corrected chi connectivity index (χ2v) is 5.21.